The summed E-state index contributed by atoms with van der Waals surface area (Å²) in [6, 6.07) is 23.8. The maximum absolute atomic E-state index is 11.8. The van der Waals surface area contributed by atoms with Gasteiger partial charge in [0.2, 0.25) is 0 Å². The highest BCUT2D eigenvalue weighted by Gasteiger charge is 2.13. The molecule has 1 aromatic heterocycles. The molecule has 3 heteroatoms. The van der Waals surface area contributed by atoms with Crippen LogP contribution < -0.4 is 0 Å². The van der Waals surface area contributed by atoms with E-state index in [1.165, 1.54) is 0 Å². The third-order valence-corrected chi connectivity index (χ3v) is 4.41. The van der Waals surface area contributed by atoms with Crippen molar-refractivity contribution in [2.75, 3.05) is 0 Å². The van der Waals surface area contributed by atoms with Gasteiger partial charge in [-0.15, -0.1) is 0 Å². The van der Waals surface area contributed by atoms with E-state index < -0.39 is 0 Å². The van der Waals surface area contributed by atoms with Crippen LogP contribution in [0, 0.1) is 0 Å². The Balaban J connectivity index is 1.93. The molecule has 0 radical (unpaired) electrons. The summed E-state index contributed by atoms with van der Waals surface area (Å²) in [5.41, 5.74) is 5.51. The first kappa shape index (κ1) is 14.7. The van der Waals surface area contributed by atoms with Crippen molar-refractivity contribution in [2.24, 2.45) is 0 Å². The minimum Gasteiger partial charge on any atom is -0.354 e. The van der Waals surface area contributed by atoms with Crippen molar-refractivity contribution in [1.82, 2.24) is 4.98 Å². The second-order valence-electron chi connectivity index (χ2n) is 5.67. The highest BCUT2D eigenvalue weighted by atomic mass is 35.5. The summed E-state index contributed by atoms with van der Waals surface area (Å²) in [6.07, 6.45) is 0.907. The van der Waals surface area contributed by atoms with Crippen molar-refractivity contribution in [3.8, 4) is 22.4 Å². The lowest BCUT2D eigenvalue weighted by Crippen LogP contribution is -1.84. The topological polar surface area (TPSA) is 32.9 Å². The number of carbonyl (C=O) groups is 1. The molecule has 0 spiro atoms. The number of aromatic amines is 1. The Bertz CT molecular complexity index is 1030. The zero-order valence-corrected chi connectivity index (χ0v) is 13.5. The number of H-pyrrole nitrogens is 1. The highest BCUT2D eigenvalue weighted by molar-refractivity contribution is 6.30. The maximum atomic E-state index is 11.8. The van der Waals surface area contributed by atoms with E-state index in [1.54, 1.807) is 0 Å². The molecule has 0 aliphatic carbocycles. The Morgan fingerprint density at radius 3 is 2.33 bits per heavy atom. The van der Waals surface area contributed by atoms with Crippen LogP contribution in [0.15, 0.2) is 72.8 Å². The van der Waals surface area contributed by atoms with Gasteiger partial charge in [-0.2, -0.15) is 0 Å². The van der Waals surface area contributed by atoms with Crippen molar-refractivity contribution >= 4 is 28.8 Å². The van der Waals surface area contributed by atoms with Crippen LogP contribution in [-0.4, -0.2) is 11.3 Å². The normalized spacial score (nSPS) is 10.9. The Hall–Kier alpha value is -2.84. The molecular weight excluding hydrogens is 318 g/mol. The van der Waals surface area contributed by atoms with E-state index in [0.717, 1.165) is 39.6 Å². The molecule has 0 atom stereocenters. The van der Waals surface area contributed by atoms with E-state index in [-0.39, 0.29) is 0 Å². The fraction of sp³-hybridized carbons (Fsp3) is 0. The van der Waals surface area contributed by atoms with Crippen LogP contribution in [0.3, 0.4) is 0 Å². The predicted octanol–water partition coefficient (Wildman–Crippen LogP) is 5.97. The molecule has 0 aliphatic rings. The van der Waals surface area contributed by atoms with Crippen LogP contribution in [-0.2, 0) is 0 Å². The van der Waals surface area contributed by atoms with Crippen molar-refractivity contribution in [3.63, 3.8) is 0 Å². The van der Waals surface area contributed by atoms with Gasteiger partial charge < -0.3 is 4.98 Å². The summed E-state index contributed by atoms with van der Waals surface area (Å²) in [4.78, 5) is 15.1. The molecule has 116 valence electrons. The molecule has 2 nitrogen and oxygen atoms in total. The van der Waals surface area contributed by atoms with Gasteiger partial charge in [-0.25, -0.2) is 0 Å². The third-order valence-electron chi connectivity index (χ3n) is 4.18. The van der Waals surface area contributed by atoms with E-state index in [4.69, 9.17) is 11.6 Å². The average Bonchev–Trinajstić information content (AvgIpc) is 3.00. The van der Waals surface area contributed by atoms with E-state index in [2.05, 4.69) is 29.2 Å². The number of halogens is 1. The zero-order chi connectivity index (χ0) is 16.5. The van der Waals surface area contributed by atoms with Crippen LogP contribution in [0.25, 0.3) is 33.3 Å². The van der Waals surface area contributed by atoms with E-state index >= 15 is 0 Å². The quantitative estimate of drug-likeness (QED) is 0.461. The predicted molar refractivity (Wildman–Crippen MR) is 99.6 cm³/mol. The number of benzene rings is 3. The minimum absolute atomic E-state index is 0.646. The van der Waals surface area contributed by atoms with Crippen molar-refractivity contribution in [3.05, 3.63) is 83.4 Å². The molecule has 4 aromatic rings. The molecule has 1 N–H and O–H groups in total. The van der Waals surface area contributed by atoms with Gasteiger partial charge in [-0.05, 0) is 35.4 Å². The standard InChI is InChI=1S/C21H14ClNO/c22-17-8-4-7-16(11-17)21-19(13-24)18-12-15(9-10-20(18)23-21)14-5-2-1-3-6-14/h1-13,23H. The fourth-order valence-electron chi connectivity index (χ4n) is 3.02. The lowest BCUT2D eigenvalue weighted by Gasteiger charge is -2.02. The zero-order valence-electron chi connectivity index (χ0n) is 12.8. The lowest BCUT2D eigenvalue weighted by molar-refractivity contribution is 0.112. The molecule has 3 aromatic carbocycles. The maximum Gasteiger partial charge on any atom is 0.152 e. The summed E-state index contributed by atoms with van der Waals surface area (Å²) in [7, 11) is 0. The highest BCUT2D eigenvalue weighted by Crippen LogP contribution is 2.33. The Morgan fingerprint density at radius 2 is 1.58 bits per heavy atom. The van der Waals surface area contributed by atoms with Gasteiger partial charge in [-0.1, -0.05) is 60.1 Å². The molecule has 0 saturated carbocycles. The number of hydrogen-bond donors (Lipinski definition) is 1. The summed E-state index contributed by atoms with van der Waals surface area (Å²) >= 11 is 6.09. The first-order chi connectivity index (χ1) is 11.8. The monoisotopic (exact) mass is 331 g/mol. The molecule has 0 unspecified atom stereocenters. The average molecular weight is 332 g/mol. The summed E-state index contributed by atoms with van der Waals surface area (Å²) in [5.74, 6) is 0. The van der Waals surface area contributed by atoms with Gasteiger partial charge in [0, 0.05) is 27.1 Å². The number of fused-ring (bicyclic) bond motifs is 1. The van der Waals surface area contributed by atoms with Gasteiger partial charge >= 0.3 is 0 Å². The lowest BCUT2D eigenvalue weighted by atomic mass is 10.0. The molecule has 1 heterocycles. The smallest absolute Gasteiger partial charge is 0.152 e. The third kappa shape index (κ3) is 2.51. The Labute approximate surface area is 144 Å². The fourth-order valence-corrected chi connectivity index (χ4v) is 3.21. The largest absolute Gasteiger partial charge is 0.354 e. The molecule has 0 saturated heterocycles. The van der Waals surface area contributed by atoms with Crippen LogP contribution in [0.2, 0.25) is 5.02 Å². The molecule has 0 aliphatic heterocycles. The number of rotatable bonds is 3. The number of aromatic nitrogens is 1. The summed E-state index contributed by atoms with van der Waals surface area (Å²) < 4.78 is 0. The van der Waals surface area contributed by atoms with E-state index in [1.807, 2.05) is 48.5 Å². The minimum atomic E-state index is 0.646. The number of carbonyl (C=O) groups excluding carboxylic acids is 1. The first-order valence-corrected chi connectivity index (χ1v) is 8.06. The van der Waals surface area contributed by atoms with Crippen molar-refractivity contribution in [2.45, 2.75) is 0 Å². The Kier molecular flexibility index (Phi) is 3.68. The second-order valence-corrected chi connectivity index (χ2v) is 6.10. The Morgan fingerprint density at radius 1 is 0.792 bits per heavy atom. The van der Waals surface area contributed by atoms with Crippen molar-refractivity contribution in [1.29, 1.82) is 0 Å². The number of hydrogen-bond acceptors (Lipinski definition) is 1. The van der Waals surface area contributed by atoms with Gasteiger partial charge in [0.15, 0.2) is 6.29 Å². The van der Waals surface area contributed by atoms with Crippen LogP contribution in [0.4, 0.5) is 0 Å². The van der Waals surface area contributed by atoms with Gasteiger partial charge in [0.05, 0.1) is 5.69 Å². The molecule has 0 fully saturated rings. The summed E-state index contributed by atoms with van der Waals surface area (Å²) in [5, 5.41) is 1.56. The van der Waals surface area contributed by atoms with Crippen molar-refractivity contribution < 1.29 is 4.79 Å². The molecule has 4 rings (SSSR count). The SMILES string of the molecule is O=Cc1c(-c2cccc(Cl)c2)[nH]c2ccc(-c3ccccc3)cc12. The van der Waals surface area contributed by atoms with E-state index in [9.17, 15) is 4.79 Å². The van der Waals surface area contributed by atoms with Gasteiger partial charge in [0.1, 0.15) is 0 Å². The summed E-state index contributed by atoms with van der Waals surface area (Å²) in [6.45, 7) is 0. The van der Waals surface area contributed by atoms with Crippen LogP contribution in [0.5, 0.6) is 0 Å². The van der Waals surface area contributed by atoms with Crippen LogP contribution in [0.1, 0.15) is 10.4 Å². The van der Waals surface area contributed by atoms with Crippen LogP contribution >= 0.6 is 11.6 Å². The molecular formula is C21H14ClNO. The van der Waals surface area contributed by atoms with E-state index in [0.29, 0.717) is 10.6 Å². The first-order valence-electron chi connectivity index (χ1n) is 7.68. The number of nitrogens with one attached hydrogen (secondary N) is 1. The number of aldehydes is 1. The molecule has 0 bridgehead atoms. The molecule has 24 heavy (non-hydrogen) atoms. The molecule has 0 amide bonds. The van der Waals surface area contributed by atoms with Gasteiger partial charge in [-0.3, -0.25) is 4.79 Å². The van der Waals surface area contributed by atoms with Gasteiger partial charge in [0.25, 0.3) is 0 Å². The second kappa shape index (κ2) is 5.99.